The molecule has 1 aromatic heterocycles. The molecule has 0 spiro atoms. The van der Waals surface area contributed by atoms with E-state index in [1.165, 1.54) is 12.0 Å². The van der Waals surface area contributed by atoms with Crippen LogP contribution in [0.4, 0.5) is 10.5 Å². The van der Waals surface area contributed by atoms with Gasteiger partial charge < -0.3 is 30.5 Å². The maximum atomic E-state index is 13.7. The number of ether oxygens (including phenoxy) is 2. The van der Waals surface area contributed by atoms with Crippen molar-refractivity contribution >= 4 is 30.0 Å². The molecule has 2 aliphatic heterocycles. The molecule has 3 aliphatic rings. The molecule has 3 aromatic rings. The van der Waals surface area contributed by atoms with Crippen LogP contribution in [0.3, 0.4) is 0 Å². The maximum absolute atomic E-state index is 13.7. The molecular formula is C42H57N9O5. The van der Waals surface area contributed by atoms with Gasteiger partial charge in [-0.1, -0.05) is 57.2 Å². The fourth-order valence-corrected chi connectivity index (χ4v) is 6.97. The molecule has 14 nitrogen and oxygen atoms in total. The van der Waals surface area contributed by atoms with Crippen LogP contribution in [-0.2, 0) is 16.0 Å². The van der Waals surface area contributed by atoms with Gasteiger partial charge in [0.05, 0.1) is 31.1 Å². The maximum Gasteiger partial charge on any atom is 0.320 e. The number of amides is 2. The van der Waals surface area contributed by atoms with Gasteiger partial charge in [0, 0.05) is 49.9 Å². The van der Waals surface area contributed by atoms with Crippen molar-refractivity contribution in [2.24, 2.45) is 16.1 Å². The molecule has 7 N–H and O–H groups in total. The number of rotatable bonds is 8. The van der Waals surface area contributed by atoms with Crippen molar-refractivity contribution in [3.05, 3.63) is 101 Å². The van der Waals surface area contributed by atoms with Crippen molar-refractivity contribution in [1.82, 2.24) is 25.0 Å². The number of morpholine rings is 1. The summed E-state index contributed by atoms with van der Waals surface area (Å²) >= 11 is 0. The number of fused-ring (bicyclic) bond motifs is 1. The molecule has 2 amide bonds. The number of benzene rings is 2. The molecule has 0 saturated carbocycles. The van der Waals surface area contributed by atoms with Crippen molar-refractivity contribution < 1.29 is 24.2 Å². The van der Waals surface area contributed by atoms with Gasteiger partial charge in [-0.15, -0.1) is 0 Å². The van der Waals surface area contributed by atoms with Crippen molar-refractivity contribution in [2.75, 3.05) is 45.9 Å². The lowest BCUT2D eigenvalue weighted by atomic mass is 9.85. The normalized spacial score (nSPS) is 19.2. The van der Waals surface area contributed by atoms with Gasteiger partial charge in [0.2, 0.25) is 5.96 Å². The Morgan fingerprint density at radius 1 is 1.02 bits per heavy atom. The van der Waals surface area contributed by atoms with Gasteiger partial charge in [-0.3, -0.25) is 30.4 Å². The van der Waals surface area contributed by atoms with Gasteiger partial charge in [-0.05, 0) is 79.5 Å². The molecule has 0 radical (unpaired) electrons. The first-order valence-corrected chi connectivity index (χ1v) is 19.4. The molecule has 2 fully saturated rings. The lowest BCUT2D eigenvalue weighted by Crippen LogP contribution is -2.43. The summed E-state index contributed by atoms with van der Waals surface area (Å²) in [6.07, 6.45) is 8.76. The first kappa shape index (κ1) is 41.7. The van der Waals surface area contributed by atoms with Gasteiger partial charge in [0.15, 0.2) is 0 Å². The highest BCUT2D eigenvalue weighted by atomic mass is 16.5. The topological polar surface area (TPSA) is 194 Å². The standard InChI is InChI=1S/C41H55N9O3.CH2O2/c1-41(2,3)36(42)27-38(45-30-11-9-10-29(26-30)18-21-48-22-24-52-25-23-48)47-40(51)46-34-15-16-35(33-13-6-5-12-32(33)34)53-31-14-17-37(43)50(28-31)39(44)49-19-7-4-8-20-49;2-1-3/h5-6,9-14,17,26-28,34-35,43-44H,4,7-8,15-16,18-25,42H2,1-3H3,(H2,45,46,47,51);1H,(H,2,3)/b36-27-,43-37?,44-39?;. The molecule has 2 saturated heterocycles. The van der Waals surface area contributed by atoms with Crippen LogP contribution in [0.15, 0.2) is 83.6 Å². The number of nitrogens with two attached hydrogens (primary N) is 1. The molecule has 14 heteroatoms. The zero-order valence-electron chi connectivity index (χ0n) is 32.8. The second-order valence-corrected chi connectivity index (χ2v) is 15.3. The number of piperidine rings is 1. The van der Waals surface area contributed by atoms with Gasteiger partial charge in [-0.25, -0.2) is 9.79 Å². The van der Waals surface area contributed by atoms with Crippen LogP contribution in [0.1, 0.15) is 81.7 Å². The van der Waals surface area contributed by atoms with E-state index >= 15 is 0 Å². The largest absolute Gasteiger partial charge is 0.484 e. The van der Waals surface area contributed by atoms with E-state index in [2.05, 4.69) is 27.7 Å². The van der Waals surface area contributed by atoms with Crippen LogP contribution in [0.5, 0.6) is 5.75 Å². The zero-order valence-corrected chi connectivity index (χ0v) is 32.8. The molecule has 3 heterocycles. The third-order valence-electron chi connectivity index (χ3n) is 10.2. The number of urea groups is 1. The Kier molecular flexibility index (Phi) is 14.8. The number of carboxylic acid groups (broad SMARTS) is 1. The van der Waals surface area contributed by atoms with Crippen molar-refractivity contribution in [3.8, 4) is 5.75 Å². The number of likely N-dealkylation sites (tertiary alicyclic amines) is 1. The Labute approximate surface area is 329 Å². The molecular weight excluding hydrogens is 711 g/mol. The number of nitrogens with zero attached hydrogens (tertiary/aromatic N) is 4. The summed E-state index contributed by atoms with van der Waals surface area (Å²) in [4.78, 5) is 31.3. The second-order valence-electron chi connectivity index (χ2n) is 15.3. The van der Waals surface area contributed by atoms with Crippen LogP contribution >= 0.6 is 0 Å². The van der Waals surface area contributed by atoms with Gasteiger partial charge in [-0.2, -0.15) is 0 Å². The number of carbonyl (C=O) groups is 2. The highest BCUT2D eigenvalue weighted by Crippen LogP contribution is 2.38. The number of hydrogen-bond donors (Lipinski definition) is 6. The molecule has 2 aromatic carbocycles. The predicted octanol–water partition coefficient (Wildman–Crippen LogP) is 5.68. The number of allylic oxidation sites excluding steroid dienone is 1. The molecule has 2 atom stereocenters. The van der Waals surface area contributed by atoms with E-state index in [1.807, 2.05) is 62.1 Å². The number of nitrogens with one attached hydrogen (secondary N) is 4. The van der Waals surface area contributed by atoms with E-state index in [9.17, 15) is 4.79 Å². The van der Waals surface area contributed by atoms with E-state index in [0.29, 0.717) is 36.1 Å². The Morgan fingerprint density at radius 3 is 2.45 bits per heavy atom. The number of aliphatic imine (C=N–C) groups is 1. The summed E-state index contributed by atoms with van der Waals surface area (Å²) in [6, 6.07) is 19.0. The van der Waals surface area contributed by atoms with Crippen molar-refractivity contribution in [3.63, 3.8) is 0 Å². The molecule has 300 valence electrons. The number of amidine groups is 1. The second kappa shape index (κ2) is 19.9. The van der Waals surface area contributed by atoms with E-state index in [0.717, 1.165) is 82.0 Å². The summed E-state index contributed by atoms with van der Waals surface area (Å²) in [7, 11) is 0. The quantitative estimate of drug-likeness (QED) is 0.0957. The molecule has 56 heavy (non-hydrogen) atoms. The highest BCUT2D eigenvalue weighted by molar-refractivity contribution is 6.05. The minimum atomic E-state index is -0.368. The number of hydrogen-bond acceptors (Lipinski definition) is 9. The van der Waals surface area contributed by atoms with Gasteiger partial charge in [0.1, 0.15) is 23.2 Å². The van der Waals surface area contributed by atoms with Crippen LogP contribution < -0.4 is 26.6 Å². The average molecular weight is 768 g/mol. The van der Waals surface area contributed by atoms with E-state index in [-0.39, 0.29) is 35.6 Å². The molecule has 6 rings (SSSR count). The van der Waals surface area contributed by atoms with E-state index in [4.69, 9.17) is 40.9 Å². The number of carbonyl (C=O) groups excluding carboxylic acids is 1. The Bertz CT molecular complexity index is 1920. The number of aromatic nitrogens is 1. The smallest absolute Gasteiger partial charge is 0.320 e. The molecule has 2 unspecified atom stereocenters. The van der Waals surface area contributed by atoms with Crippen LogP contribution in [0.2, 0.25) is 0 Å². The summed E-state index contributed by atoms with van der Waals surface area (Å²) in [5.74, 6) is 1.27. The highest BCUT2D eigenvalue weighted by Gasteiger charge is 2.30. The van der Waals surface area contributed by atoms with Crippen molar-refractivity contribution in [2.45, 2.75) is 71.4 Å². The summed E-state index contributed by atoms with van der Waals surface area (Å²) in [5, 5.41) is 30.3. The van der Waals surface area contributed by atoms with Crippen LogP contribution in [0.25, 0.3) is 0 Å². The Hall–Kier alpha value is -5.47. The van der Waals surface area contributed by atoms with E-state index in [1.54, 1.807) is 29.0 Å². The van der Waals surface area contributed by atoms with E-state index < -0.39 is 0 Å². The fraction of sp³-hybridized carbons (Fsp3) is 0.452. The lowest BCUT2D eigenvalue weighted by Gasteiger charge is -2.33. The van der Waals surface area contributed by atoms with Crippen molar-refractivity contribution in [1.29, 1.82) is 10.8 Å². The Balaban J connectivity index is 0.00000194. The third-order valence-corrected chi connectivity index (χ3v) is 10.2. The first-order valence-electron chi connectivity index (χ1n) is 19.4. The zero-order chi connectivity index (χ0) is 40.1. The first-order chi connectivity index (χ1) is 26.9. The monoisotopic (exact) mass is 767 g/mol. The fourth-order valence-electron chi connectivity index (χ4n) is 6.97. The lowest BCUT2D eigenvalue weighted by molar-refractivity contribution is -0.122. The average Bonchev–Trinajstić information content (AvgIpc) is 3.19. The summed E-state index contributed by atoms with van der Waals surface area (Å²) in [5.41, 5.74) is 10.9. The SMILES string of the molecule is CC(C)(C)/C(N)=C/C(=Nc1cccc(CCN2CCOCC2)c1)NC(=O)NC1CCC(Oc2ccc(=N)n(C(=N)N3CCCCC3)c2)c2ccccc21.O=CO. The Morgan fingerprint density at radius 2 is 1.73 bits per heavy atom. The summed E-state index contributed by atoms with van der Waals surface area (Å²) < 4.78 is 13.6. The third kappa shape index (κ3) is 11.8. The van der Waals surface area contributed by atoms with Gasteiger partial charge in [0.25, 0.3) is 6.47 Å². The minimum absolute atomic E-state index is 0.241. The molecule has 1 aliphatic carbocycles. The van der Waals surface area contributed by atoms with Crippen LogP contribution in [0, 0.1) is 16.2 Å². The predicted molar refractivity (Wildman–Crippen MR) is 217 cm³/mol. The summed E-state index contributed by atoms with van der Waals surface area (Å²) in [6.45, 7) is 11.9. The minimum Gasteiger partial charge on any atom is -0.484 e. The van der Waals surface area contributed by atoms with Gasteiger partial charge >= 0.3 is 6.03 Å². The van der Waals surface area contributed by atoms with Crippen LogP contribution in [-0.4, -0.2) is 89.7 Å². The number of pyridine rings is 1. The molecule has 0 bridgehead atoms.